The van der Waals surface area contributed by atoms with Gasteiger partial charge in [0.2, 0.25) is 6.79 Å². The maximum atomic E-state index is 11.8. The number of hydrogen-bond acceptors (Lipinski definition) is 4. The summed E-state index contributed by atoms with van der Waals surface area (Å²) in [7, 11) is 0. The summed E-state index contributed by atoms with van der Waals surface area (Å²) >= 11 is 0. The summed E-state index contributed by atoms with van der Waals surface area (Å²) in [5.41, 5.74) is 1.03. The molecule has 0 unspecified atom stereocenters. The molecule has 1 N–H and O–H groups in total. The zero-order valence-electron chi connectivity index (χ0n) is 10.8. The van der Waals surface area contributed by atoms with Crippen molar-refractivity contribution in [2.75, 3.05) is 26.6 Å². The number of halogens is 3. The number of nitrogens with one attached hydrogen (secondary N) is 1. The minimum absolute atomic E-state index is 0.0909. The van der Waals surface area contributed by atoms with Gasteiger partial charge in [0.1, 0.15) is 6.61 Å². The highest BCUT2D eigenvalue weighted by atomic mass is 19.4. The van der Waals surface area contributed by atoms with E-state index >= 15 is 0 Å². The van der Waals surface area contributed by atoms with Gasteiger partial charge in [0, 0.05) is 13.2 Å². The van der Waals surface area contributed by atoms with E-state index in [9.17, 15) is 13.2 Å². The third kappa shape index (κ3) is 4.90. The van der Waals surface area contributed by atoms with E-state index in [1.807, 2.05) is 18.2 Å². The Morgan fingerprint density at radius 2 is 2.00 bits per heavy atom. The van der Waals surface area contributed by atoms with Crippen molar-refractivity contribution in [2.45, 2.75) is 19.1 Å². The molecule has 4 nitrogen and oxygen atoms in total. The summed E-state index contributed by atoms with van der Waals surface area (Å²) in [6.07, 6.45) is -3.72. The normalized spacial score (nSPS) is 13.8. The molecule has 1 aromatic carbocycles. The van der Waals surface area contributed by atoms with Gasteiger partial charge in [-0.1, -0.05) is 6.07 Å². The van der Waals surface area contributed by atoms with Crippen molar-refractivity contribution >= 4 is 0 Å². The molecule has 0 radical (unpaired) electrons. The SMILES string of the molecule is FC(F)(F)COCCCNCc1ccc2c(c1)OCO2. The van der Waals surface area contributed by atoms with Crippen molar-refractivity contribution in [3.8, 4) is 11.5 Å². The van der Waals surface area contributed by atoms with E-state index in [1.165, 1.54) is 0 Å². The van der Waals surface area contributed by atoms with Gasteiger partial charge in [0.25, 0.3) is 0 Å². The van der Waals surface area contributed by atoms with Gasteiger partial charge in [-0.2, -0.15) is 13.2 Å². The lowest BCUT2D eigenvalue weighted by Gasteiger charge is -2.08. The average molecular weight is 291 g/mol. The third-order valence-corrected chi connectivity index (χ3v) is 2.67. The molecule has 0 fully saturated rings. The highest BCUT2D eigenvalue weighted by Gasteiger charge is 2.27. The van der Waals surface area contributed by atoms with Crippen LogP contribution < -0.4 is 14.8 Å². The van der Waals surface area contributed by atoms with Gasteiger partial charge in [0.05, 0.1) is 0 Å². The van der Waals surface area contributed by atoms with Crippen LogP contribution in [0.15, 0.2) is 18.2 Å². The molecule has 20 heavy (non-hydrogen) atoms. The fraction of sp³-hybridized carbons (Fsp3) is 0.538. The molecule has 0 aliphatic carbocycles. The first kappa shape index (κ1) is 14.9. The Morgan fingerprint density at radius 1 is 1.20 bits per heavy atom. The van der Waals surface area contributed by atoms with Crippen LogP contribution in [-0.4, -0.2) is 32.7 Å². The third-order valence-electron chi connectivity index (χ3n) is 2.67. The molecule has 0 saturated carbocycles. The lowest BCUT2D eigenvalue weighted by Crippen LogP contribution is -2.20. The van der Waals surface area contributed by atoms with E-state index in [0.29, 0.717) is 19.5 Å². The van der Waals surface area contributed by atoms with Crippen LogP contribution in [-0.2, 0) is 11.3 Å². The largest absolute Gasteiger partial charge is 0.454 e. The number of alkyl halides is 3. The Balaban J connectivity index is 1.57. The molecule has 2 rings (SSSR count). The standard InChI is InChI=1S/C13H16F3NO3/c14-13(15,16)8-18-5-1-4-17-7-10-2-3-11-12(6-10)20-9-19-11/h2-3,6,17H,1,4-5,7-9H2. The van der Waals surface area contributed by atoms with Crippen LogP contribution in [0.5, 0.6) is 11.5 Å². The van der Waals surface area contributed by atoms with Crippen molar-refractivity contribution in [3.63, 3.8) is 0 Å². The molecule has 1 aliphatic heterocycles. The minimum atomic E-state index is -4.25. The molecular weight excluding hydrogens is 275 g/mol. The first-order valence-electron chi connectivity index (χ1n) is 6.28. The predicted molar refractivity (Wildman–Crippen MR) is 65.8 cm³/mol. The highest BCUT2D eigenvalue weighted by molar-refractivity contribution is 5.44. The Morgan fingerprint density at radius 3 is 2.80 bits per heavy atom. The summed E-state index contributed by atoms with van der Waals surface area (Å²) in [5, 5.41) is 3.13. The van der Waals surface area contributed by atoms with Crippen LogP contribution in [0.25, 0.3) is 0 Å². The highest BCUT2D eigenvalue weighted by Crippen LogP contribution is 2.32. The molecular formula is C13H16F3NO3. The number of benzene rings is 1. The van der Waals surface area contributed by atoms with Gasteiger partial charge >= 0.3 is 6.18 Å². The molecule has 112 valence electrons. The molecule has 0 amide bonds. The number of hydrogen-bond donors (Lipinski definition) is 1. The van der Waals surface area contributed by atoms with Crippen LogP contribution in [0.1, 0.15) is 12.0 Å². The second-order valence-corrected chi connectivity index (χ2v) is 4.39. The summed E-state index contributed by atoms with van der Waals surface area (Å²) in [6, 6.07) is 5.64. The van der Waals surface area contributed by atoms with E-state index < -0.39 is 12.8 Å². The molecule has 0 aromatic heterocycles. The second kappa shape index (κ2) is 6.81. The molecule has 0 bridgehead atoms. The lowest BCUT2D eigenvalue weighted by molar-refractivity contribution is -0.173. The smallest absolute Gasteiger partial charge is 0.411 e. The van der Waals surface area contributed by atoms with Crippen molar-refractivity contribution in [1.29, 1.82) is 0 Å². The monoisotopic (exact) mass is 291 g/mol. The topological polar surface area (TPSA) is 39.7 Å². The molecule has 1 heterocycles. The second-order valence-electron chi connectivity index (χ2n) is 4.39. The summed E-state index contributed by atoms with van der Waals surface area (Å²) in [5.74, 6) is 1.45. The van der Waals surface area contributed by atoms with Crippen LogP contribution in [0, 0.1) is 0 Å². The van der Waals surface area contributed by atoms with Gasteiger partial charge in [-0.15, -0.1) is 0 Å². The fourth-order valence-corrected chi connectivity index (χ4v) is 1.77. The van der Waals surface area contributed by atoms with Crippen LogP contribution >= 0.6 is 0 Å². The van der Waals surface area contributed by atoms with Crippen molar-refractivity contribution < 1.29 is 27.4 Å². The summed E-state index contributed by atoms with van der Waals surface area (Å²) in [4.78, 5) is 0. The van der Waals surface area contributed by atoms with E-state index in [4.69, 9.17) is 9.47 Å². The van der Waals surface area contributed by atoms with Gasteiger partial charge in [-0.3, -0.25) is 0 Å². The first-order chi connectivity index (χ1) is 9.54. The van der Waals surface area contributed by atoms with Crippen LogP contribution in [0.3, 0.4) is 0 Å². The van der Waals surface area contributed by atoms with Gasteiger partial charge in [-0.05, 0) is 30.7 Å². The Bertz CT molecular complexity index is 437. The van der Waals surface area contributed by atoms with E-state index in [1.54, 1.807) is 0 Å². The van der Waals surface area contributed by atoms with Crippen molar-refractivity contribution in [3.05, 3.63) is 23.8 Å². The number of rotatable bonds is 7. The summed E-state index contributed by atoms with van der Waals surface area (Å²) in [6.45, 7) is 0.355. The lowest BCUT2D eigenvalue weighted by atomic mass is 10.2. The number of fused-ring (bicyclic) bond motifs is 1. The van der Waals surface area contributed by atoms with E-state index in [2.05, 4.69) is 10.1 Å². The van der Waals surface area contributed by atoms with Crippen molar-refractivity contribution in [2.24, 2.45) is 0 Å². The van der Waals surface area contributed by atoms with Crippen molar-refractivity contribution in [1.82, 2.24) is 5.32 Å². The maximum absolute atomic E-state index is 11.8. The molecule has 7 heteroatoms. The molecule has 0 spiro atoms. The minimum Gasteiger partial charge on any atom is -0.454 e. The molecule has 1 aromatic rings. The predicted octanol–water partition coefficient (Wildman–Crippen LogP) is 2.47. The molecule has 0 atom stereocenters. The zero-order valence-corrected chi connectivity index (χ0v) is 10.8. The molecule has 0 saturated heterocycles. The van der Waals surface area contributed by atoms with Crippen LogP contribution in [0.2, 0.25) is 0 Å². The quantitative estimate of drug-likeness (QED) is 0.783. The first-order valence-corrected chi connectivity index (χ1v) is 6.28. The van der Waals surface area contributed by atoms with Gasteiger partial charge in [-0.25, -0.2) is 0 Å². The Labute approximate surface area is 114 Å². The fourth-order valence-electron chi connectivity index (χ4n) is 1.77. The Hall–Kier alpha value is -1.47. The average Bonchev–Trinajstić information content (AvgIpc) is 2.83. The summed E-state index contributed by atoms with van der Waals surface area (Å²) < 4.78 is 50.4. The maximum Gasteiger partial charge on any atom is 0.411 e. The van der Waals surface area contributed by atoms with Gasteiger partial charge in [0.15, 0.2) is 11.5 Å². The Kier molecular flexibility index (Phi) is 5.08. The van der Waals surface area contributed by atoms with Gasteiger partial charge < -0.3 is 19.5 Å². The zero-order chi connectivity index (χ0) is 14.4. The number of ether oxygens (including phenoxy) is 3. The van der Waals surface area contributed by atoms with E-state index in [0.717, 1.165) is 17.1 Å². The van der Waals surface area contributed by atoms with E-state index in [-0.39, 0.29) is 13.4 Å². The van der Waals surface area contributed by atoms with Crippen LogP contribution in [0.4, 0.5) is 13.2 Å². The molecule has 1 aliphatic rings.